The Balaban J connectivity index is 1.51. The zero-order valence-corrected chi connectivity index (χ0v) is 14.1. The zero-order valence-electron chi connectivity index (χ0n) is 14.1. The number of aliphatic hydroxyl groups is 1. The molecule has 0 spiro atoms. The smallest absolute Gasteiger partial charge is 0.190 e. The molecule has 24 heavy (non-hydrogen) atoms. The van der Waals surface area contributed by atoms with Crippen LogP contribution in [0.15, 0.2) is 24.3 Å². The van der Waals surface area contributed by atoms with Crippen LogP contribution >= 0.6 is 0 Å². The van der Waals surface area contributed by atoms with Crippen molar-refractivity contribution in [1.82, 2.24) is 0 Å². The zero-order chi connectivity index (χ0) is 16.8. The normalized spacial score (nSPS) is 41.5. The first kappa shape index (κ1) is 16.4. The molecule has 0 amide bonds. The highest BCUT2D eigenvalue weighted by atomic mass is 16.8. The van der Waals surface area contributed by atoms with Crippen LogP contribution < -0.4 is 0 Å². The maximum absolute atomic E-state index is 9.61. The SMILES string of the molecule is Cc1ccc(C2OC3OC4C(CO)OC(C(C)C)OC4C3O2)cc1. The Morgan fingerprint density at radius 3 is 2.33 bits per heavy atom. The van der Waals surface area contributed by atoms with E-state index in [0.29, 0.717) is 0 Å². The van der Waals surface area contributed by atoms with E-state index in [-0.39, 0.29) is 37.1 Å². The van der Waals surface area contributed by atoms with Crippen molar-refractivity contribution in [2.45, 2.75) is 64.1 Å². The Hall–Kier alpha value is -1.02. The number of benzene rings is 1. The Kier molecular flexibility index (Phi) is 4.36. The first-order valence-electron chi connectivity index (χ1n) is 8.51. The van der Waals surface area contributed by atoms with Crippen LogP contribution in [0.25, 0.3) is 0 Å². The Labute approximate surface area is 141 Å². The van der Waals surface area contributed by atoms with Crippen molar-refractivity contribution < 1.29 is 28.8 Å². The average Bonchev–Trinajstić information content (AvgIpc) is 3.12. The van der Waals surface area contributed by atoms with Gasteiger partial charge in [-0.3, -0.25) is 0 Å². The van der Waals surface area contributed by atoms with Gasteiger partial charge in [0.25, 0.3) is 0 Å². The lowest BCUT2D eigenvalue weighted by Crippen LogP contribution is -2.53. The maximum atomic E-state index is 9.61. The molecule has 3 saturated heterocycles. The summed E-state index contributed by atoms with van der Waals surface area (Å²) in [6, 6.07) is 8.05. The summed E-state index contributed by atoms with van der Waals surface area (Å²) < 4.78 is 29.8. The molecule has 6 heteroatoms. The number of rotatable bonds is 3. The minimum absolute atomic E-state index is 0.116. The van der Waals surface area contributed by atoms with E-state index < -0.39 is 18.7 Å². The Morgan fingerprint density at radius 1 is 0.917 bits per heavy atom. The lowest BCUT2D eigenvalue weighted by Gasteiger charge is -2.39. The molecule has 7 unspecified atom stereocenters. The van der Waals surface area contributed by atoms with E-state index in [2.05, 4.69) is 0 Å². The number of hydrogen-bond acceptors (Lipinski definition) is 6. The van der Waals surface area contributed by atoms with E-state index in [1.165, 1.54) is 5.56 Å². The summed E-state index contributed by atoms with van der Waals surface area (Å²) in [5.41, 5.74) is 2.15. The molecule has 3 fully saturated rings. The molecule has 1 aromatic rings. The molecule has 3 aliphatic rings. The molecule has 132 valence electrons. The van der Waals surface area contributed by atoms with Crippen LogP contribution in [0, 0.1) is 12.8 Å². The van der Waals surface area contributed by atoms with E-state index in [1.807, 2.05) is 45.0 Å². The summed E-state index contributed by atoms with van der Waals surface area (Å²) >= 11 is 0. The number of fused-ring (bicyclic) bond motifs is 3. The van der Waals surface area contributed by atoms with Crippen molar-refractivity contribution >= 4 is 0 Å². The average molecular weight is 336 g/mol. The highest BCUT2D eigenvalue weighted by molar-refractivity contribution is 5.23. The van der Waals surface area contributed by atoms with E-state index in [4.69, 9.17) is 23.7 Å². The summed E-state index contributed by atoms with van der Waals surface area (Å²) in [6.07, 6.45) is -2.77. The van der Waals surface area contributed by atoms with Crippen molar-refractivity contribution in [2.75, 3.05) is 6.61 Å². The summed E-state index contributed by atoms with van der Waals surface area (Å²) in [4.78, 5) is 0. The van der Waals surface area contributed by atoms with Gasteiger partial charge in [0.05, 0.1) is 6.61 Å². The summed E-state index contributed by atoms with van der Waals surface area (Å²) in [7, 11) is 0. The Bertz CT molecular complexity index is 573. The molecule has 6 nitrogen and oxygen atoms in total. The maximum Gasteiger partial charge on any atom is 0.190 e. The topological polar surface area (TPSA) is 66.4 Å². The molecule has 0 aliphatic carbocycles. The number of hydrogen-bond donors (Lipinski definition) is 1. The highest BCUT2D eigenvalue weighted by Gasteiger charge is 2.58. The molecule has 7 atom stereocenters. The lowest BCUT2D eigenvalue weighted by molar-refractivity contribution is -0.312. The molecule has 1 aromatic carbocycles. The second kappa shape index (κ2) is 6.37. The fourth-order valence-corrected chi connectivity index (χ4v) is 3.43. The standard InChI is InChI=1S/C18H24O6/c1-9(2)16-20-12(8-19)13-14(22-16)15-18(21-13)24-17(23-15)11-6-4-10(3)5-7-11/h4-7,9,12-19H,8H2,1-3H3. The van der Waals surface area contributed by atoms with E-state index in [0.717, 1.165) is 5.56 Å². The quantitative estimate of drug-likeness (QED) is 0.909. The van der Waals surface area contributed by atoms with Crippen LogP contribution in [0.5, 0.6) is 0 Å². The number of aliphatic hydroxyl groups excluding tert-OH is 1. The predicted molar refractivity (Wildman–Crippen MR) is 84.0 cm³/mol. The van der Waals surface area contributed by atoms with Gasteiger partial charge in [0, 0.05) is 11.5 Å². The monoisotopic (exact) mass is 336 g/mol. The first-order chi connectivity index (χ1) is 11.6. The number of ether oxygens (including phenoxy) is 5. The van der Waals surface area contributed by atoms with Crippen LogP contribution in [0.3, 0.4) is 0 Å². The number of aryl methyl sites for hydroxylation is 1. The van der Waals surface area contributed by atoms with Crippen molar-refractivity contribution in [1.29, 1.82) is 0 Å². The van der Waals surface area contributed by atoms with E-state index >= 15 is 0 Å². The van der Waals surface area contributed by atoms with Gasteiger partial charge in [0.15, 0.2) is 18.9 Å². The first-order valence-corrected chi connectivity index (χ1v) is 8.51. The van der Waals surface area contributed by atoms with Gasteiger partial charge < -0.3 is 28.8 Å². The third kappa shape index (κ3) is 2.77. The summed E-state index contributed by atoms with van der Waals surface area (Å²) in [5.74, 6) is 0.175. The van der Waals surface area contributed by atoms with Gasteiger partial charge in [0.1, 0.15) is 24.4 Å². The molecule has 3 heterocycles. The molecule has 0 radical (unpaired) electrons. The van der Waals surface area contributed by atoms with Gasteiger partial charge in [0.2, 0.25) is 0 Å². The fraction of sp³-hybridized carbons (Fsp3) is 0.667. The predicted octanol–water partition coefficient (Wildman–Crippen LogP) is 1.89. The second-order valence-corrected chi connectivity index (χ2v) is 7.02. The van der Waals surface area contributed by atoms with Gasteiger partial charge in [-0.25, -0.2) is 0 Å². The van der Waals surface area contributed by atoms with Crippen LogP contribution in [-0.2, 0) is 23.7 Å². The van der Waals surface area contributed by atoms with Crippen LogP contribution in [-0.4, -0.2) is 48.7 Å². The van der Waals surface area contributed by atoms with Gasteiger partial charge in [-0.2, -0.15) is 0 Å². The van der Waals surface area contributed by atoms with Crippen molar-refractivity contribution in [3.63, 3.8) is 0 Å². The largest absolute Gasteiger partial charge is 0.394 e. The third-order valence-corrected chi connectivity index (χ3v) is 4.79. The molecule has 0 saturated carbocycles. The third-order valence-electron chi connectivity index (χ3n) is 4.79. The summed E-state index contributed by atoms with van der Waals surface area (Å²) in [5, 5.41) is 9.61. The van der Waals surface area contributed by atoms with Crippen molar-refractivity contribution in [3.05, 3.63) is 35.4 Å². The molecule has 3 aliphatic heterocycles. The molecule has 0 aromatic heterocycles. The van der Waals surface area contributed by atoms with Gasteiger partial charge in [-0.15, -0.1) is 0 Å². The van der Waals surface area contributed by atoms with Gasteiger partial charge in [-0.05, 0) is 6.92 Å². The molecular weight excluding hydrogens is 312 g/mol. The highest BCUT2D eigenvalue weighted by Crippen LogP contribution is 2.44. The van der Waals surface area contributed by atoms with Crippen LogP contribution in [0.4, 0.5) is 0 Å². The van der Waals surface area contributed by atoms with Gasteiger partial charge >= 0.3 is 0 Å². The summed E-state index contributed by atoms with van der Waals surface area (Å²) in [6.45, 7) is 5.97. The Morgan fingerprint density at radius 2 is 1.67 bits per heavy atom. The van der Waals surface area contributed by atoms with Crippen LogP contribution in [0.2, 0.25) is 0 Å². The second-order valence-electron chi connectivity index (χ2n) is 7.02. The molecule has 1 N–H and O–H groups in total. The minimum atomic E-state index is -0.505. The van der Waals surface area contributed by atoms with Crippen molar-refractivity contribution in [2.24, 2.45) is 5.92 Å². The fourth-order valence-electron chi connectivity index (χ4n) is 3.43. The van der Waals surface area contributed by atoms with Crippen molar-refractivity contribution in [3.8, 4) is 0 Å². The lowest BCUT2D eigenvalue weighted by atomic mass is 10.0. The van der Waals surface area contributed by atoms with E-state index in [9.17, 15) is 5.11 Å². The van der Waals surface area contributed by atoms with Gasteiger partial charge in [-0.1, -0.05) is 43.7 Å². The van der Waals surface area contributed by atoms with Crippen LogP contribution in [0.1, 0.15) is 31.3 Å². The molecule has 4 rings (SSSR count). The molecular formula is C18H24O6. The molecule has 0 bridgehead atoms. The van der Waals surface area contributed by atoms with E-state index in [1.54, 1.807) is 0 Å². The minimum Gasteiger partial charge on any atom is -0.394 e.